The number of hydrogen-bond acceptors (Lipinski definition) is 7. The number of carbonyl (C=O) groups is 2. The monoisotopic (exact) mass is 553 g/mol. The summed E-state index contributed by atoms with van der Waals surface area (Å²) in [5.74, 6) is -2.41. The van der Waals surface area contributed by atoms with Crippen LogP contribution in [0.15, 0.2) is 37.1 Å². The molecule has 2 amide bonds. The summed E-state index contributed by atoms with van der Waals surface area (Å²) in [6.07, 6.45) is 0.122. The maximum atomic E-state index is 13.7. The van der Waals surface area contributed by atoms with E-state index in [0.29, 0.717) is 36.7 Å². The minimum atomic E-state index is -4.81. The summed E-state index contributed by atoms with van der Waals surface area (Å²) in [5, 5.41) is 15.7. The highest BCUT2D eigenvalue weighted by atomic mass is 19.4. The maximum absolute atomic E-state index is 13.7. The summed E-state index contributed by atoms with van der Waals surface area (Å²) >= 11 is 0. The molecule has 0 saturated heterocycles. The molecule has 40 heavy (non-hydrogen) atoms. The van der Waals surface area contributed by atoms with Gasteiger partial charge in [-0.15, -0.1) is 0 Å². The first-order valence-electron chi connectivity index (χ1n) is 12.9. The van der Waals surface area contributed by atoms with Crippen LogP contribution in [0.2, 0.25) is 0 Å². The fourth-order valence-corrected chi connectivity index (χ4v) is 5.61. The highest BCUT2D eigenvalue weighted by Gasteiger charge is 2.41. The van der Waals surface area contributed by atoms with Gasteiger partial charge in [0.25, 0.3) is 5.91 Å². The maximum Gasteiger partial charge on any atom is 0.451 e. The Morgan fingerprint density at radius 1 is 1.18 bits per heavy atom. The fraction of sp³-hybridized carbons (Fsp3) is 0.370. The van der Waals surface area contributed by atoms with E-state index < -0.39 is 29.8 Å². The van der Waals surface area contributed by atoms with Crippen molar-refractivity contribution in [1.82, 2.24) is 29.5 Å². The summed E-state index contributed by atoms with van der Waals surface area (Å²) in [6, 6.07) is 4.92. The Morgan fingerprint density at radius 3 is 2.60 bits per heavy atom. The number of anilines is 1. The zero-order valence-corrected chi connectivity index (χ0v) is 21.4. The van der Waals surface area contributed by atoms with E-state index in [4.69, 9.17) is 10.8 Å². The molecule has 1 aliphatic carbocycles. The highest BCUT2D eigenvalue weighted by molar-refractivity contribution is 5.98. The van der Waals surface area contributed by atoms with Gasteiger partial charge >= 0.3 is 6.18 Å². The van der Waals surface area contributed by atoms with Crippen molar-refractivity contribution in [3.63, 3.8) is 0 Å². The Bertz CT molecular complexity index is 1550. The number of nitrogens with two attached hydrogens (primary N) is 1. The van der Waals surface area contributed by atoms with Gasteiger partial charge in [-0.05, 0) is 42.5 Å². The molecule has 2 aromatic heterocycles. The van der Waals surface area contributed by atoms with Gasteiger partial charge in [0.05, 0.1) is 17.4 Å². The molecule has 1 aromatic carbocycles. The van der Waals surface area contributed by atoms with Gasteiger partial charge in [-0.3, -0.25) is 9.59 Å². The van der Waals surface area contributed by atoms with Crippen LogP contribution in [-0.4, -0.2) is 66.1 Å². The second-order valence-electron chi connectivity index (χ2n) is 10.2. The Hall–Kier alpha value is -4.42. The smallest absolute Gasteiger partial charge is 0.451 e. The van der Waals surface area contributed by atoms with Crippen LogP contribution in [0.5, 0.6) is 5.75 Å². The number of benzene rings is 1. The van der Waals surface area contributed by atoms with Crippen molar-refractivity contribution in [2.75, 3.05) is 25.4 Å². The van der Waals surface area contributed by atoms with E-state index in [9.17, 15) is 27.9 Å². The first-order valence-corrected chi connectivity index (χ1v) is 12.9. The number of carbonyl (C=O) groups excluding carboxylic acids is 2. The number of halogens is 3. The first kappa shape index (κ1) is 25.8. The van der Waals surface area contributed by atoms with E-state index in [1.165, 1.54) is 11.0 Å². The Labute approximate surface area is 226 Å². The molecule has 1 saturated carbocycles. The van der Waals surface area contributed by atoms with Gasteiger partial charge in [0.1, 0.15) is 22.8 Å². The second kappa shape index (κ2) is 9.35. The lowest BCUT2D eigenvalue weighted by Crippen LogP contribution is -2.46. The van der Waals surface area contributed by atoms with Crippen molar-refractivity contribution in [2.24, 2.45) is 0 Å². The minimum Gasteiger partial charge on any atom is -0.506 e. The van der Waals surface area contributed by atoms with E-state index in [1.54, 1.807) is 15.6 Å². The molecule has 1 fully saturated rings. The number of phenolic OH excluding ortho intramolecular Hbond substituents is 1. The van der Waals surface area contributed by atoms with E-state index in [1.807, 2.05) is 12.1 Å². The van der Waals surface area contributed by atoms with Crippen LogP contribution in [0.1, 0.15) is 63.5 Å². The number of phenols is 1. The summed E-state index contributed by atoms with van der Waals surface area (Å²) in [4.78, 5) is 36.0. The average Bonchev–Trinajstić information content (AvgIpc) is 3.73. The van der Waals surface area contributed by atoms with Gasteiger partial charge in [-0.2, -0.15) is 18.3 Å². The summed E-state index contributed by atoms with van der Waals surface area (Å²) < 4.78 is 40.9. The third-order valence-electron chi connectivity index (χ3n) is 7.73. The molecule has 0 radical (unpaired) electrons. The summed E-state index contributed by atoms with van der Waals surface area (Å²) in [6.45, 7) is 4.18. The number of aromatic nitrogens is 4. The normalized spacial score (nSPS) is 18.7. The van der Waals surface area contributed by atoms with Crippen molar-refractivity contribution < 1.29 is 27.9 Å². The SMILES string of the molecule is C=CC(=O)N1CCc2nn(-c3ccc(C4CC4)cc3O)c3c2[C@H](C1)N(C(=O)c1cnc(C(F)(F)F)nc1N)CC3. The van der Waals surface area contributed by atoms with Crippen molar-refractivity contribution in [1.29, 1.82) is 0 Å². The molecule has 3 aliphatic rings. The van der Waals surface area contributed by atoms with Crippen LogP contribution in [0, 0.1) is 0 Å². The number of nitrogen functional groups attached to an aromatic ring is 1. The number of aromatic hydroxyl groups is 1. The van der Waals surface area contributed by atoms with Gasteiger partial charge < -0.3 is 20.6 Å². The third kappa shape index (κ3) is 4.34. The summed E-state index contributed by atoms with van der Waals surface area (Å²) in [5.41, 5.74) is 9.34. The van der Waals surface area contributed by atoms with Crippen LogP contribution < -0.4 is 5.73 Å². The molecule has 3 aromatic rings. The number of amides is 2. The van der Waals surface area contributed by atoms with Crippen LogP contribution in [0.3, 0.4) is 0 Å². The predicted molar refractivity (Wildman–Crippen MR) is 137 cm³/mol. The van der Waals surface area contributed by atoms with Crippen molar-refractivity contribution in [3.05, 3.63) is 71.0 Å². The zero-order chi connectivity index (χ0) is 28.3. The molecule has 13 heteroatoms. The highest BCUT2D eigenvalue weighted by Crippen LogP contribution is 2.43. The molecule has 10 nitrogen and oxygen atoms in total. The molecule has 0 unspecified atom stereocenters. The van der Waals surface area contributed by atoms with Crippen molar-refractivity contribution >= 4 is 17.6 Å². The van der Waals surface area contributed by atoms with Crippen molar-refractivity contribution in [2.45, 2.75) is 43.8 Å². The second-order valence-corrected chi connectivity index (χ2v) is 10.2. The molecule has 0 spiro atoms. The van der Waals surface area contributed by atoms with E-state index in [2.05, 4.69) is 16.5 Å². The molecule has 0 bridgehead atoms. The molecule has 3 N–H and O–H groups in total. The molecule has 4 heterocycles. The quantitative estimate of drug-likeness (QED) is 0.475. The standard InChI is InChI=1S/C27H26F3N7O3/c1-2-22(39)35-9-7-17-23-19(37(34-17)18-6-5-15(11-21(18)38)14-3-4-14)8-10-36(20(23)13-35)25(40)16-12-32-26(27(28,29)30)33-24(16)31/h2,5-6,11-12,14,20,38H,1,3-4,7-10,13H2,(H2,31,32,33)/t20-/m0/s1. The molecule has 208 valence electrons. The lowest BCUT2D eigenvalue weighted by molar-refractivity contribution is -0.144. The lowest BCUT2D eigenvalue weighted by Gasteiger charge is -2.38. The Morgan fingerprint density at radius 2 is 1.95 bits per heavy atom. The molecule has 6 rings (SSSR count). The number of nitrogens with zero attached hydrogens (tertiary/aromatic N) is 6. The lowest BCUT2D eigenvalue weighted by atomic mass is 9.95. The Balaban J connectivity index is 1.41. The summed E-state index contributed by atoms with van der Waals surface area (Å²) in [7, 11) is 0. The third-order valence-corrected chi connectivity index (χ3v) is 7.73. The van der Waals surface area contributed by atoms with Crippen LogP contribution in [-0.2, 0) is 23.8 Å². The molecule has 2 aliphatic heterocycles. The van der Waals surface area contributed by atoms with E-state index in [-0.39, 0.29) is 30.3 Å². The van der Waals surface area contributed by atoms with Crippen LogP contribution in [0.4, 0.5) is 19.0 Å². The number of hydrogen-bond donors (Lipinski definition) is 2. The minimum absolute atomic E-state index is 0.103. The number of rotatable bonds is 4. The zero-order valence-electron chi connectivity index (χ0n) is 21.4. The van der Waals surface area contributed by atoms with Gasteiger partial charge in [0.15, 0.2) is 0 Å². The van der Waals surface area contributed by atoms with Gasteiger partial charge in [0.2, 0.25) is 11.7 Å². The predicted octanol–water partition coefficient (Wildman–Crippen LogP) is 3.16. The Kier molecular flexibility index (Phi) is 6.04. The van der Waals surface area contributed by atoms with Crippen molar-refractivity contribution in [3.8, 4) is 11.4 Å². The largest absolute Gasteiger partial charge is 0.506 e. The van der Waals surface area contributed by atoms with Crippen LogP contribution in [0.25, 0.3) is 5.69 Å². The topological polar surface area (TPSA) is 130 Å². The van der Waals surface area contributed by atoms with Crippen LogP contribution >= 0.6 is 0 Å². The van der Waals surface area contributed by atoms with E-state index >= 15 is 0 Å². The number of alkyl halides is 3. The molecule has 1 atom stereocenters. The molecular formula is C27H26F3N7O3. The van der Waals surface area contributed by atoms with Gasteiger partial charge in [0, 0.05) is 44.2 Å². The molecular weight excluding hydrogens is 527 g/mol. The average molecular weight is 554 g/mol. The fourth-order valence-electron chi connectivity index (χ4n) is 5.61. The van der Waals surface area contributed by atoms with Gasteiger partial charge in [-0.25, -0.2) is 14.6 Å². The first-order chi connectivity index (χ1) is 19.1. The van der Waals surface area contributed by atoms with E-state index in [0.717, 1.165) is 35.9 Å². The van der Waals surface area contributed by atoms with Gasteiger partial charge in [-0.1, -0.05) is 12.6 Å².